The van der Waals surface area contributed by atoms with Gasteiger partial charge in [-0.2, -0.15) is 0 Å². The van der Waals surface area contributed by atoms with Crippen molar-refractivity contribution in [1.82, 2.24) is 0 Å². The molecule has 4 heteroatoms. The number of carbonyl (C=O) groups excluding carboxylic acids is 1. The van der Waals surface area contributed by atoms with Crippen molar-refractivity contribution in [2.75, 3.05) is 0 Å². The molecule has 0 aliphatic carbocycles. The number of para-hydroxylation sites is 1. The quantitative estimate of drug-likeness (QED) is 0.706. The first-order valence-corrected chi connectivity index (χ1v) is 7.09. The molecule has 2 aromatic rings. The van der Waals surface area contributed by atoms with Gasteiger partial charge in [-0.1, -0.05) is 24.3 Å². The van der Waals surface area contributed by atoms with Gasteiger partial charge >= 0.3 is 0 Å². The van der Waals surface area contributed by atoms with E-state index in [-0.39, 0.29) is 12.4 Å². The summed E-state index contributed by atoms with van der Waals surface area (Å²) in [4.78, 5) is 10.6. The Bertz CT molecular complexity index is 623. The summed E-state index contributed by atoms with van der Waals surface area (Å²) in [6, 6.07) is 13.6. The summed E-state index contributed by atoms with van der Waals surface area (Å²) >= 11 is 0. The molecule has 0 saturated heterocycles. The summed E-state index contributed by atoms with van der Waals surface area (Å²) in [7, 11) is 0. The zero-order valence-electron chi connectivity index (χ0n) is 12.7. The molecule has 2 rings (SSSR count). The lowest BCUT2D eigenvalue weighted by atomic mass is 10.1. The second kappa shape index (κ2) is 7.18. The van der Waals surface area contributed by atoms with Gasteiger partial charge in [-0.15, -0.1) is 0 Å². The van der Waals surface area contributed by atoms with Gasteiger partial charge in [0.25, 0.3) is 0 Å². The van der Waals surface area contributed by atoms with Crippen LogP contribution in [-0.4, -0.2) is 11.9 Å². The van der Waals surface area contributed by atoms with E-state index in [1.165, 1.54) is 6.07 Å². The standard InChI is InChI=1S/C18H19FO3/c1-18(2,10-11-20)21-13-14-8-9-16(19)17(12-14)22-15-6-4-3-5-7-15/h3-9,11-12H,10,13H2,1-2H3. The molecule has 0 amide bonds. The zero-order valence-corrected chi connectivity index (χ0v) is 12.7. The second-order valence-corrected chi connectivity index (χ2v) is 5.60. The summed E-state index contributed by atoms with van der Waals surface area (Å²) in [5, 5.41) is 0. The van der Waals surface area contributed by atoms with Crippen LogP contribution in [0.25, 0.3) is 0 Å². The molecule has 0 aliphatic rings. The Kier molecular flexibility index (Phi) is 5.28. The number of rotatable bonds is 7. The van der Waals surface area contributed by atoms with Crippen LogP contribution in [-0.2, 0) is 16.1 Å². The molecule has 0 spiro atoms. The number of ether oxygens (including phenoxy) is 2. The highest BCUT2D eigenvalue weighted by atomic mass is 19.1. The van der Waals surface area contributed by atoms with E-state index in [1.807, 2.05) is 32.0 Å². The van der Waals surface area contributed by atoms with Gasteiger partial charge in [-0.05, 0) is 43.7 Å². The van der Waals surface area contributed by atoms with Crippen molar-refractivity contribution in [3.8, 4) is 11.5 Å². The van der Waals surface area contributed by atoms with Gasteiger partial charge in [-0.25, -0.2) is 4.39 Å². The largest absolute Gasteiger partial charge is 0.454 e. The number of aldehydes is 1. The predicted molar refractivity (Wildman–Crippen MR) is 82.5 cm³/mol. The minimum absolute atomic E-state index is 0.153. The molecule has 0 fully saturated rings. The molecule has 0 atom stereocenters. The minimum Gasteiger partial charge on any atom is -0.454 e. The van der Waals surface area contributed by atoms with Crippen molar-refractivity contribution in [2.45, 2.75) is 32.5 Å². The van der Waals surface area contributed by atoms with Crippen molar-refractivity contribution < 1.29 is 18.7 Å². The fraction of sp³-hybridized carbons (Fsp3) is 0.278. The van der Waals surface area contributed by atoms with Crippen LogP contribution in [0, 0.1) is 5.82 Å². The summed E-state index contributed by atoms with van der Waals surface area (Å²) in [6.45, 7) is 3.96. The van der Waals surface area contributed by atoms with Crippen LogP contribution in [0.2, 0.25) is 0 Å². The first kappa shape index (κ1) is 16.2. The third-order valence-electron chi connectivity index (χ3n) is 3.17. The van der Waals surface area contributed by atoms with Crippen LogP contribution in [0.3, 0.4) is 0 Å². The Morgan fingerprint density at radius 1 is 1.14 bits per heavy atom. The number of hydrogen-bond donors (Lipinski definition) is 0. The lowest BCUT2D eigenvalue weighted by Crippen LogP contribution is -2.24. The van der Waals surface area contributed by atoms with Gasteiger partial charge in [0.15, 0.2) is 11.6 Å². The van der Waals surface area contributed by atoms with Gasteiger partial charge in [0.05, 0.1) is 12.2 Å². The van der Waals surface area contributed by atoms with Crippen LogP contribution in [0.4, 0.5) is 4.39 Å². The number of benzene rings is 2. The fourth-order valence-corrected chi connectivity index (χ4v) is 1.87. The van der Waals surface area contributed by atoms with Crippen molar-refractivity contribution in [3.05, 3.63) is 59.9 Å². The maximum absolute atomic E-state index is 13.8. The van der Waals surface area contributed by atoms with E-state index >= 15 is 0 Å². The smallest absolute Gasteiger partial charge is 0.165 e. The molecule has 0 N–H and O–H groups in total. The number of hydrogen-bond acceptors (Lipinski definition) is 3. The summed E-state index contributed by atoms with van der Waals surface area (Å²) in [5.41, 5.74) is 0.239. The van der Waals surface area contributed by atoms with E-state index in [2.05, 4.69) is 0 Å². The SMILES string of the molecule is CC(C)(CC=O)OCc1ccc(F)c(Oc2ccccc2)c1. The predicted octanol–water partition coefficient (Wildman–Crippen LogP) is 4.50. The molecule has 2 aromatic carbocycles. The van der Waals surface area contributed by atoms with Crippen LogP contribution in [0.1, 0.15) is 25.8 Å². The number of halogens is 1. The lowest BCUT2D eigenvalue weighted by molar-refractivity contribution is -0.114. The van der Waals surface area contributed by atoms with Crippen LogP contribution in [0.15, 0.2) is 48.5 Å². The molecule has 0 radical (unpaired) electrons. The highest BCUT2D eigenvalue weighted by Gasteiger charge is 2.18. The molecule has 22 heavy (non-hydrogen) atoms. The highest BCUT2D eigenvalue weighted by molar-refractivity contribution is 5.51. The summed E-state index contributed by atoms with van der Waals surface area (Å²) in [5.74, 6) is 0.293. The van der Waals surface area contributed by atoms with E-state index in [4.69, 9.17) is 9.47 Å². The fourth-order valence-electron chi connectivity index (χ4n) is 1.87. The van der Waals surface area contributed by atoms with Gasteiger partial charge < -0.3 is 14.3 Å². The Balaban J connectivity index is 2.08. The van der Waals surface area contributed by atoms with Gasteiger partial charge in [0, 0.05) is 6.42 Å². The average Bonchev–Trinajstić information content (AvgIpc) is 2.49. The molecule has 0 aliphatic heterocycles. The third-order valence-corrected chi connectivity index (χ3v) is 3.17. The molecule has 0 bridgehead atoms. The monoisotopic (exact) mass is 302 g/mol. The van der Waals surface area contributed by atoms with E-state index in [0.29, 0.717) is 12.2 Å². The van der Waals surface area contributed by atoms with E-state index < -0.39 is 11.4 Å². The van der Waals surface area contributed by atoms with Crippen LogP contribution in [0.5, 0.6) is 11.5 Å². The molecule has 0 unspecified atom stereocenters. The Morgan fingerprint density at radius 2 is 1.86 bits per heavy atom. The zero-order chi connectivity index (χ0) is 16.0. The number of carbonyl (C=O) groups is 1. The molecule has 116 valence electrons. The Labute approximate surface area is 129 Å². The Hall–Kier alpha value is -2.20. The van der Waals surface area contributed by atoms with E-state index in [1.54, 1.807) is 24.3 Å². The summed E-state index contributed by atoms with van der Waals surface area (Å²) < 4.78 is 25.1. The average molecular weight is 302 g/mol. The maximum Gasteiger partial charge on any atom is 0.165 e. The van der Waals surface area contributed by atoms with Crippen LogP contribution < -0.4 is 4.74 Å². The summed E-state index contributed by atoms with van der Waals surface area (Å²) in [6.07, 6.45) is 1.14. The van der Waals surface area contributed by atoms with Crippen molar-refractivity contribution in [2.24, 2.45) is 0 Å². The Morgan fingerprint density at radius 3 is 2.55 bits per heavy atom. The normalized spacial score (nSPS) is 11.2. The topological polar surface area (TPSA) is 35.5 Å². The van der Waals surface area contributed by atoms with Crippen molar-refractivity contribution >= 4 is 6.29 Å². The lowest BCUT2D eigenvalue weighted by Gasteiger charge is -2.23. The second-order valence-electron chi connectivity index (χ2n) is 5.60. The first-order valence-electron chi connectivity index (χ1n) is 7.09. The van der Waals surface area contributed by atoms with Crippen LogP contribution >= 0.6 is 0 Å². The van der Waals surface area contributed by atoms with Gasteiger partial charge in [0.2, 0.25) is 0 Å². The molecule has 3 nitrogen and oxygen atoms in total. The molecule has 0 aromatic heterocycles. The highest BCUT2D eigenvalue weighted by Crippen LogP contribution is 2.26. The first-order chi connectivity index (χ1) is 10.5. The van der Waals surface area contributed by atoms with Gasteiger partial charge in [0.1, 0.15) is 12.0 Å². The van der Waals surface area contributed by atoms with E-state index in [9.17, 15) is 9.18 Å². The molecular formula is C18H19FO3. The van der Waals surface area contributed by atoms with Crippen molar-refractivity contribution in [1.29, 1.82) is 0 Å². The third kappa shape index (κ3) is 4.67. The van der Waals surface area contributed by atoms with Gasteiger partial charge in [-0.3, -0.25) is 0 Å². The molecular weight excluding hydrogens is 283 g/mol. The van der Waals surface area contributed by atoms with E-state index in [0.717, 1.165) is 11.8 Å². The maximum atomic E-state index is 13.8. The van der Waals surface area contributed by atoms with Crippen molar-refractivity contribution in [3.63, 3.8) is 0 Å². The molecule has 0 heterocycles. The minimum atomic E-state index is -0.545. The molecule has 0 saturated carbocycles.